The summed E-state index contributed by atoms with van der Waals surface area (Å²) in [5.74, 6) is 0.961. The molecular weight excluding hydrogens is 320 g/mol. The Hall–Kier alpha value is -1.07. The lowest BCUT2D eigenvalue weighted by molar-refractivity contribution is -0.133. The molecule has 2 N–H and O–H groups in total. The van der Waals surface area contributed by atoms with E-state index in [9.17, 15) is 4.79 Å². The fourth-order valence-corrected chi connectivity index (χ4v) is 3.30. The van der Waals surface area contributed by atoms with Crippen molar-refractivity contribution in [2.75, 3.05) is 13.7 Å². The molecule has 0 radical (unpaired) electrons. The smallest absolute Gasteiger partial charge is 0.223 e. The van der Waals surface area contributed by atoms with E-state index >= 15 is 0 Å². The van der Waals surface area contributed by atoms with Gasteiger partial charge in [0.2, 0.25) is 5.91 Å². The van der Waals surface area contributed by atoms with Crippen LogP contribution in [0.5, 0.6) is 5.75 Å². The second kappa shape index (κ2) is 6.59. The monoisotopic (exact) mass is 340 g/mol. The molecule has 1 aliphatic heterocycles. The van der Waals surface area contributed by atoms with Crippen molar-refractivity contribution in [3.63, 3.8) is 0 Å². The number of carbonyl (C=O) groups is 1. The number of nitrogens with two attached hydrogens (primary N) is 1. The van der Waals surface area contributed by atoms with Crippen LogP contribution in [-0.2, 0) is 4.79 Å². The summed E-state index contributed by atoms with van der Waals surface area (Å²) < 4.78 is 6.26. The molecule has 1 fully saturated rings. The van der Waals surface area contributed by atoms with Gasteiger partial charge in [-0.1, -0.05) is 15.9 Å². The highest BCUT2D eigenvalue weighted by atomic mass is 79.9. The molecule has 20 heavy (non-hydrogen) atoms. The molecule has 5 heteroatoms. The molecular formula is C15H21BrN2O2. The Morgan fingerprint density at radius 1 is 1.50 bits per heavy atom. The van der Waals surface area contributed by atoms with Crippen molar-refractivity contribution >= 4 is 21.8 Å². The second-order valence-corrected chi connectivity index (χ2v) is 5.92. The molecule has 0 aliphatic carbocycles. The van der Waals surface area contributed by atoms with Crippen LogP contribution in [0.25, 0.3) is 0 Å². The number of rotatable bonds is 3. The highest BCUT2D eigenvalue weighted by Gasteiger charge is 2.33. The summed E-state index contributed by atoms with van der Waals surface area (Å²) in [4.78, 5) is 14.2. The summed E-state index contributed by atoms with van der Waals surface area (Å²) in [6.07, 6.45) is 2.30. The van der Waals surface area contributed by atoms with Gasteiger partial charge >= 0.3 is 0 Å². The second-order valence-electron chi connectivity index (χ2n) is 5.07. The van der Waals surface area contributed by atoms with Gasteiger partial charge in [0.1, 0.15) is 5.75 Å². The number of methoxy groups -OCH3 is 1. The maximum atomic E-state index is 12.3. The summed E-state index contributed by atoms with van der Waals surface area (Å²) >= 11 is 3.58. The SMILES string of the molecule is CCN1C(=O)CCCC(N)C1c1cc(OC)ccc1Br. The van der Waals surface area contributed by atoms with Gasteiger partial charge in [-0.3, -0.25) is 4.79 Å². The minimum Gasteiger partial charge on any atom is -0.497 e. The molecule has 1 aliphatic rings. The summed E-state index contributed by atoms with van der Waals surface area (Å²) in [6.45, 7) is 2.66. The van der Waals surface area contributed by atoms with Crippen molar-refractivity contribution in [3.05, 3.63) is 28.2 Å². The number of nitrogens with zero attached hydrogens (tertiary/aromatic N) is 1. The molecule has 1 saturated heterocycles. The minimum atomic E-state index is -0.0977. The zero-order chi connectivity index (χ0) is 14.7. The number of ether oxygens (including phenoxy) is 1. The first kappa shape index (κ1) is 15.3. The molecule has 1 aromatic rings. The fourth-order valence-electron chi connectivity index (χ4n) is 2.82. The van der Waals surface area contributed by atoms with Crippen LogP contribution < -0.4 is 10.5 Å². The van der Waals surface area contributed by atoms with Crippen molar-refractivity contribution in [1.29, 1.82) is 0 Å². The first-order valence-electron chi connectivity index (χ1n) is 6.97. The Morgan fingerprint density at radius 3 is 2.90 bits per heavy atom. The van der Waals surface area contributed by atoms with Crippen LogP contribution in [0.4, 0.5) is 0 Å². The van der Waals surface area contributed by atoms with Gasteiger partial charge in [-0.2, -0.15) is 0 Å². The van der Waals surface area contributed by atoms with Crippen LogP contribution in [0.15, 0.2) is 22.7 Å². The van der Waals surface area contributed by atoms with Crippen LogP contribution >= 0.6 is 15.9 Å². The molecule has 2 unspecified atom stereocenters. The predicted octanol–water partition coefficient (Wildman–Crippen LogP) is 2.86. The maximum Gasteiger partial charge on any atom is 0.223 e. The molecule has 2 atom stereocenters. The standard InChI is InChI=1S/C15H21BrN2O2/c1-3-18-14(19)6-4-5-13(17)15(18)11-9-10(20-2)7-8-12(11)16/h7-9,13,15H,3-6,17H2,1-2H3. The predicted molar refractivity (Wildman–Crippen MR) is 82.6 cm³/mol. The Balaban J connectivity index is 2.47. The van der Waals surface area contributed by atoms with Crippen molar-refractivity contribution < 1.29 is 9.53 Å². The Kier molecular flexibility index (Phi) is 5.05. The van der Waals surface area contributed by atoms with Gasteiger partial charge < -0.3 is 15.4 Å². The molecule has 0 bridgehead atoms. The Bertz CT molecular complexity index is 493. The topological polar surface area (TPSA) is 55.6 Å². The third-order valence-electron chi connectivity index (χ3n) is 3.85. The first-order valence-corrected chi connectivity index (χ1v) is 7.76. The lowest BCUT2D eigenvalue weighted by atomic mass is 9.96. The van der Waals surface area contributed by atoms with Crippen LogP contribution in [-0.4, -0.2) is 30.5 Å². The molecule has 1 aromatic carbocycles. The quantitative estimate of drug-likeness (QED) is 0.920. The number of likely N-dealkylation sites (N-methyl/N-ethyl adjacent to an activating group) is 1. The summed E-state index contributed by atoms with van der Waals surface area (Å²) in [5, 5.41) is 0. The number of benzene rings is 1. The van der Waals surface area contributed by atoms with Gasteiger partial charge in [0.15, 0.2) is 0 Å². The van der Waals surface area contributed by atoms with E-state index in [-0.39, 0.29) is 18.0 Å². The fraction of sp³-hybridized carbons (Fsp3) is 0.533. The molecule has 110 valence electrons. The number of carbonyl (C=O) groups excluding carboxylic acids is 1. The van der Waals surface area contributed by atoms with E-state index in [1.165, 1.54) is 0 Å². The maximum absolute atomic E-state index is 12.3. The van der Waals surface area contributed by atoms with E-state index in [2.05, 4.69) is 15.9 Å². The lowest BCUT2D eigenvalue weighted by Crippen LogP contribution is -2.42. The van der Waals surface area contributed by atoms with Crippen molar-refractivity contribution in [3.8, 4) is 5.75 Å². The first-order chi connectivity index (χ1) is 9.58. The molecule has 0 spiro atoms. The average molecular weight is 341 g/mol. The van der Waals surface area contributed by atoms with Gasteiger partial charge in [-0.25, -0.2) is 0 Å². The molecule has 0 aromatic heterocycles. The Morgan fingerprint density at radius 2 is 2.25 bits per heavy atom. The lowest BCUT2D eigenvalue weighted by Gasteiger charge is -2.34. The van der Waals surface area contributed by atoms with E-state index in [0.717, 1.165) is 28.6 Å². The zero-order valence-corrected chi connectivity index (χ0v) is 13.5. The van der Waals surface area contributed by atoms with Gasteiger partial charge in [-0.05, 0) is 43.5 Å². The number of likely N-dealkylation sites (tertiary alicyclic amines) is 1. The summed E-state index contributed by atoms with van der Waals surface area (Å²) in [7, 11) is 1.64. The third-order valence-corrected chi connectivity index (χ3v) is 4.57. The number of hydrogen-bond acceptors (Lipinski definition) is 3. The largest absolute Gasteiger partial charge is 0.497 e. The summed E-state index contributed by atoms with van der Waals surface area (Å²) in [6, 6.07) is 5.66. The minimum absolute atomic E-state index is 0.0511. The van der Waals surface area contributed by atoms with Crippen molar-refractivity contribution in [2.45, 2.75) is 38.3 Å². The highest BCUT2D eigenvalue weighted by molar-refractivity contribution is 9.10. The Labute approximate surface area is 128 Å². The molecule has 1 amide bonds. The number of halogens is 1. The number of hydrogen-bond donors (Lipinski definition) is 1. The van der Waals surface area contributed by atoms with Gasteiger partial charge in [0.25, 0.3) is 0 Å². The number of amides is 1. The summed E-state index contributed by atoms with van der Waals surface area (Å²) in [5.41, 5.74) is 7.37. The van der Waals surface area contributed by atoms with Crippen molar-refractivity contribution in [1.82, 2.24) is 4.90 Å². The average Bonchev–Trinajstić information content (AvgIpc) is 2.58. The van der Waals surface area contributed by atoms with Gasteiger partial charge in [0, 0.05) is 23.5 Å². The van der Waals surface area contributed by atoms with Gasteiger partial charge in [-0.15, -0.1) is 0 Å². The van der Waals surface area contributed by atoms with E-state index in [0.29, 0.717) is 13.0 Å². The van der Waals surface area contributed by atoms with Crippen LogP contribution in [0.1, 0.15) is 37.8 Å². The molecule has 2 rings (SSSR count). The normalized spacial score (nSPS) is 23.6. The molecule has 1 heterocycles. The van der Waals surface area contributed by atoms with Crippen LogP contribution in [0, 0.1) is 0 Å². The van der Waals surface area contributed by atoms with E-state index < -0.39 is 0 Å². The highest BCUT2D eigenvalue weighted by Crippen LogP contribution is 2.36. The van der Waals surface area contributed by atoms with Crippen LogP contribution in [0.2, 0.25) is 0 Å². The van der Waals surface area contributed by atoms with Gasteiger partial charge in [0.05, 0.1) is 13.2 Å². The van der Waals surface area contributed by atoms with E-state index in [4.69, 9.17) is 10.5 Å². The van der Waals surface area contributed by atoms with E-state index in [1.807, 2.05) is 30.0 Å². The third kappa shape index (κ3) is 2.99. The molecule has 4 nitrogen and oxygen atoms in total. The molecule has 0 saturated carbocycles. The zero-order valence-electron chi connectivity index (χ0n) is 11.9. The van der Waals surface area contributed by atoms with Crippen molar-refractivity contribution in [2.24, 2.45) is 5.73 Å². The van der Waals surface area contributed by atoms with Crippen LogP contribution in [0.3, 0.4) is 0 Å². The van der Waals surface area contributed by atoms with E-state index in [1.54, 1.807) is 7.11 Å².